The number of hydrogen-bond donors (Lipinski definition) is 6. The minimum absolute atomic E-state index is 0.00827. The Morgan fingerprint density at radius 2 is 1.78 bits per heavy atom. The number of rotatable bonds is 4. The van der Waals surface area contributed by atoms with E-state index in [1.54, 1.807) is 6.20 Å². The number of hydrogen-bond acceptors (Lipinski definition) is 7. The van der Waals surface area contributed by atoms with Crippen molar-refractivity contribution in [2.24, 2.45) is 5.41 Å². The van der Waals surface area contributed by atoms with Crippen molar-refractivity contribution in [3.05, 3.63) is 62.1 Å². The lowest BCUT2D eigenvalue weighted by molar-refractivity contribution is 0.123. The van der Waals surface area contributed by atoms with Crippen LogP contribution in [0.15, 0.2) is 50.9 Å². The van der Waals surface area contributed by atoms with E-state index in [-0.39, 0.29) is 17.5 Å². The Morgan fingerprint density at radius 1 is 1.09 bits per heavy atom. The number of amides is 2. The standard InChI is InChI=1S/C17H22N6O4S.2C2H6/c1-17(2,3)10-8-18-13(27-10)5-4-9-7-19-16(28-9)23-15(26)21-11-6-12(24)22-14(25)20-11;2*1-2/h4-8,13,16,18-19H,1-3H3,(H4,20,21,22,23,24,25,26);2*1-2H3/b5-4+;;. The maximum atomic E-state index is 12.0. The highest BCUT2D eigenvalue weighted by atomic mass is 32.2. The number of anilines is 1. The van der Waals surface area contributed by atoms with Crippen LogP contribution in [0.5, 0.6) is 0 Å². The van der Waals surface area contributed by atoms with Gasteiger partial charge in [0.1, 0.15) is 11.6 Å². The van der Waals surface area contributed by atoms with Crippen LogP contribution in [0.2, 0.25) is 0 Å². The summed E-state index contributed by atoms with van der Waals surface area (Å²) >= 11 is 1.40. The van der Waals surface area contributed by atoms with Gasteiger partial charge in [0.05, 0.1) is 0 Å². The van der Waals surface area contributed by atoms with Gasteiger partial charge >= 0.3 is 11.7 Å². The molecule has 1 aromatic rings. The number of allylic oxidation sites excluding steroid dienone is 2. The SMILES string of the molecule is CC.CC.CC(C)(C)C1=CNC(/C=C/C2=CNC(NC(=O)Nc3cc(=O)[nH]c(=O)[nH]3)S2)O1. The predicted octanol–water partition coefficient (Wildman–Crippen LogP) is 3.09. The molecule has 6 N–H and O–H groups in total. The van der Waals surface area contributed by atoms with Crippen LogP contribution in [0.1, 0.15) is 48.5 Å². The molecule has 32 heavy (non-hydrogen) atoms. The van der Waals surface area contributed by atoms with E-state index in [0.717, 1.165) is 16.7 Å². The van der Waals surface area contributed by atoms with E-state index in [1.807, 2.05) is 51.0 Å². The molecule has 10 nitrogen and oxygen atoms in total. The molecular formula is C21H34N6O4S. The number of ether oxygens (including phenoxy) is 1. The largest absolute Gasteiger partial charge is 0.469 e. The molecule has 3 rings (SSSR count). The normalized spacial score (nSPS) is 19.1. The van der Waals surface area contributed by atoms with Crippen molar-refractivity contribution in [1.29, 1.82) is 0 Å². The summed E-state index contributed by atoms with van der Waals surface area (Å²) in [6.07, 6.45) is 7.19. The lowest BCUT2D eigenvalue weighted by Gasteiger charge is -2.20. The number of nitrogens with one attached hydrogen (secondary N) is 6. The van der Waals surface area contributed by atoms with Gasteiger partial charge in [0.15, 0.2) is 11.7 Å². The van der Waals surface area contributed by atoms with Crippen molar-refractivity contribution in [2.75, 3.05) is 5.32 Å². The quantitative estimate of drug-likeness (QED) is 0.401. The zero-order valence-electron chi connectivity index (χ0n) is 19.6. The summed E-state index contributed by atoms with van der Waals surface area (Å²) in [6, 6.07) is 0.515. The maximum Gasteiger partial charge on any atom is 0.327 e. The summed E-state index contributed by atoms with van der Waals surface area (Å²) < 4.78 is 5.83. The first-order valence-corrected chi connectivity index (χ1v) is 11.4. The van der Waals surface area contributed by atoms with Crippen LogP contribution in [-0.2, 0) is 4.74 Å². The third kappa shape index (κ3) is 8.58. The molecule has 2 unspecified atom stereocenters. The molecule has 0 bridgehead atoms. The Hall–Kier alpha value is -3.08. The first-order valence-electron chi connectivity index (χ1n) is 10.5. The highest BCUT2D eigenvalue weighted by Crippen LogP contribution is 2.30. The molecule has 2 atom stereocenters. The second-order valence-corrected chi connectivity index (χ2v) is 8.31. The van der Waals surface area contributed by atoms with E-state index in [0.29, 0.717) is 0 Å². The van der Waals surface area contributed by atoms with Crippen LogP contribution in [0.3, 0.4) is 0 Å². The van der Waals surface area contributed by atoms with E-state index in [4.69, 9.17) is 4.74 Å². The second-order valence-electron chi connectivity index (χ2n) is 7.13. The predicted molar refractivity (Wildman–Crippen MR) is 130 cm³/mol. The number of carbonyl (C=O) groups is 1. The molecule has 0 spiro atoms. The number of aromatic amines is 2. The third-order valence-electron chi connectivity index (χ3n) is 3.71. The second kappa shape index (κ2) is 12.7. The van der Waals surface area contributed by atoms with Crippen molar-refractivity contribution in [3.63, 3.8) is 0 Å². The van der Waals surface area contributed by atoms with Crippen LogP contribution in [0.4, 0.5) is 10.6 Å². The molecule has 178 valence electrons. The Labute approximate surface area is 192 Å². The van der Waals surface area contributed by atoms with Crippen molar-refractivity contribution >= 4 is 23.6 Å². The minimum atomic E-state index is -0.697. The molecule has 0 aromatic carbocycles. The van der Waals surface area contributed by atoms with Crippen LogP contribution in [0.25, 0.3) is 0 Å². The van der Waals surface area contributed by atoms with Crippen LogP contribution >= 0.6 is 11.8 Å². The monoisotopic (exact) mass is 466 g/mol. The summed E-state index contributed by atoms with van der Waals surface area (Å²) in [5.41, 5.74) is -1.76. The van der Waals surface area contributed by atoms with Gasteiger partial charge in [0, 0.05) is 28.8 Å². The van der Waals surface area contributed by atoms with Gasteiger partial charge in [-0.3, -0.25) is 20.1 Å². The van der Waals surface area contributed by atoms with E-state index >= 15 is 0 Å². The number of urea groups is 1. The Kier molecular flexibility index (Phi) is 10.7. The molecule has 0 radical (unpaired) electrons. The van der Waals surface area contributed by atoms with Gasteiger partial charge in [-0.05, 0) is 12.2 Å². The highest BCUT2D eigenvalue weighted by molar-refractivity contribution is 8.04. The molecule has 0 saturated carbocycles. The zero-order chi connectivity index (χ0) is 24.3. The number of H-pyrrole nitrogens is 2. The molecule has 0 aliphatic carbocycles. The summed E-state index contributed by atoms with van der Waals surface area (Å²) in [7, 11) is 0. The average molecular weight is 467 g/mol. The first-order chi connectivity index (χ1) is 15.2. The van der Waals surface area contributed by atoms with Gasteiger partial charge in [0.25, 0.3) is 5.56 Å². The van der Waals surface area contributed by atoms with Gasteiger partial charge in [0.2, 0.25) is 0 Å². The Morgan fingerprint density at radius 3 is 2.38 bits per heavy atom. The maximum absolute atomic E-state index is 12.0. The van der Waals surface area contributed by atoms with Crippen molar-refractivity contribution in [3.8, 4) is 0 Å². The molecule has 2 aliphatic heterocycles. The van der Waals surface area contributed by atoms with Gasteiger partial charge in [-0.1, -0.05) is 60.2 Å². The minimum Gasteiger partial charge on any atom is -0.469 e. The average Bonchev–Trinajstić information content (AvgIpc) is 3.38. The van der Waals surface area contributed by atoms with Crippen molar-refractivity contribution in [1.82, 2.24) is 25.9 Å². The molecule has 0 saturated heterocycles. The molecular weight excluding hydrogens is 432 g/mol. The summed E-state index contributed by atoms with van der Waals surface area (Å²) in [4.78, 5) is 39.7. The fourth-order valence-corrected chi connectivity index (χ4v) is 3.23. The van der Waals surface area contributed by atoms with Crippen LogP contribution in [-0.4, -0.2) is 27.7 Å². The number of thioether (sulfide) groups is 1. The number of aromatic nitrogens is 2. The zero-order valence-corrected chi connectivity index (χ0v) is 20.4. The van der Waals surface area contributed by atoms with Gasteiger partial charge < -0.3 is 20.7 Å². The Balaban J connectivity index is 0.00000121. The third-order valence-corrected chi connectivity index (χ3v) is 4.72. The van der Waals surface area contributed by atoms with E-state index in [9.17, 15) is 14.4 Å². The van der Waals surface area contributed by atoms with Crippen LogP contribution in [0, 0.1) is 5.41 Å². The van der Waals surface area contributed by atoms with E-state index in [2.05, 4.69) is 47.0 Å². The fourth-order valence-electron chi connectivity index (χ4n) is 2.37. The van der Waals surface area contributed by atoms with Crippen molar-refractivity contribution < 1.29 is 9.53 Å². The van der Waals surface area contributed by atoms with Gasteiger partial charge in [-0.2, -0.15) is 0 Å². The molecule has 2 aliphatic rings. The van der Waals surface area contributed by atoms with E-state index in [1.165, 1.54) is 11.8 Å². The smallest absolute Gasteiger partial charge is 0.327 e. The molecule has 3 heterocycles. The number of carbonyl (C=O) groups excluding carboxylic acids is 1. The topological polar surface area (TPSA) is 140 Å². The molecule has 2 amide bonds. The summed E-state index contributed by atoms with van der Waals surface area (Å²) in [6.45, 7) is 14.2. The molecule has 11 heteroatoms. The fraction of sp³-hybridized carbons (Fsp3) is 0.476. The Bertz CT molecular complexity index is 930. The first kappa shape index (κ1) is 27.0. The lowest BCUT2D eigenvalue weighted by Crippen LogP contribution is -2.41. The summed E-state index contributed by atoms with van der Waals surface area (Å²) in [5.74, 6) is 0.899. The highest BCUT2D eigenvalue weighted by Gasteiger charge is 2.26. The van der Waals surface area contributed by atoms with Gasteiger partial charge in [-0.15, -0.1) is 0 Å². The van der Waals surface area contributed by atoms with Crippen LogP contribution < -0.4 is 32.5 Å². The van der Waals surface area contributed by atoms with Gasteiger partial charge in [-0.25, -0.2) is 9.59 Å². The summed E-state index contributed by atoms with van der Waals surface area (Å²) in [5, 5.41) is 11.2. The van der Waals surface area contributed by atoms with E-state index < -0.39 is 22.8 Å². The molecule has 1 aromatic heterocycles. The molecule has 0 fully saturated rings. The van der Waals surface area contributed by atoms with Crippen molar-refractivity contribution in [2.45, 2.75) is 60.2 Å². The lowest BCUT2D eigenvalue weighted by atomic mass is 9.95.